The highest BCUT2D eigenvalue weighted by Gasteiger charge is 2.25. The third kappa shape index (κ3) is 7.54. The van der Waals surface area contributed by atoms with Crippen molar-refractivity contribution >= 4 is 26.2 Å². The number of unbranched alkanes of at least 4 members (excludes halogenated alkanes) is 2. The van der Waals surface area contributed by atoms with Gasteiger partial charge in [0.15, 0.2) is 0 Å². The van der Waals surface area contributed by atoms with Crippen molar-refractivity contribution in [3.63, 3.8) is 0 Å². The van der Waals surface area contributed by atoms with E-state index < -0.39 is 26.2 Å². The van der Waals surface area contributed by atoms with Gasteiger partial charge in [-0.05, 0) is 12.8 Å². The highest BCUT2D eigenvalue weighted by Crippen LogP contribution is 2.38. The maximum Gasteiger partial charge on any atom is 0.391 e. The fourth-order valence-electron chi connectivity index (χ4n) is 1.02. The van der Waals surface area contributed by atoms with Crippen LogP contribution < -0.4 is 0 Å². The topological polar surface area (TPSA) is 149 Å². The Morgan fingerprint density at radius 1 is 0.706 bits per heavy atom. The van der Waals surface area contributed by atoms with E-state index in [-0.39, 0.29) is 32.1 Å². The summed E-state index contributed by atoms with van der Waals surface area (Å²) in [5, 5.41) is 0. The first-order chi connectivity index (χ1) is 7.55. The molecule has 17 heavy (non-hydrogen) atoms. The lowest BCUT2D eigenvalue weighted by Crippen LogP contribution is -2.00. The van der Waals surface area contributed by atoms with Gasteiger partial charge in [-0.15, -0.1) is 0 Å². The maximum absolute atomic E-state index is 10.8. The first kappa shape index (κ1) is 16.6. The van der Waals surface area contributed by atoms with Crippen LogP contribution in [0.3, 0.4) is 0 Å². The molecular weight excluding hydrogens is 274 g/mol. The second-order valence-corrected chi connectivity index (χ2v) is 6.61. The molecule has 0 aliphatic rings. The summed E-state index contributed by atoms with van der Waals surface area (Å²) in [7, 11) is -9.36. The molecule has 0 aromatic heterocycles. The minimum Gasteiger partial charge on any atom is -0.319 e. The fraction of sp³-hybridized carbons (Fsp3) is 0.714. The zero-order chi connectivity index (χ0) is 13.7. The van der Waals surface area contributed by atoms with E-state index in [0.717, 1.165) is 0 Å². The average Bonchev–Trinajstić information content (AvgIpc) is 2.13. The average molecular weight is 288 g/mol. The standard InChI is InChI=1S/C7H14O8P2/c8-6(16(10,11)12)4-2-1-3-5-7(9)17(13,14)15/h1-5H2,(H2,10,11,12)(H2,13,14,15). The van der Waals surface area contributed by atoms with Crippen LogP contribution in [0.25, 0.3) is 0 Å². The summed E-state index contributed by atoms with van der Waals surface area (Å²) in [6.07, 6.45) is -0.00297. The molecule has 0 aromatic carbocycles. The fourth-order valence-corrected chi connectivity index (χ4v) is 1.92. The van der Waals surface area contributed by atoms with E-state index in [1.165, 1.54) is 0 Å². The number of carbonyl (C=O) groups is 2. The van der Waals surface area contributed by atoms with Gasteiger partial charge in [-0.25, -0.2) is 0 Å². The Labute approximate surface area is 97.4 Å². The summed E-state index contributed by atoms with van der Waals surface area (Å²) in [6, 6.07) is 0. The van der Waals surface area contributed by atoms with Crippen molar-refractivity contribution in [2.75, 3.05) is 0 Å². The maximum atomic E-state index is 10.8. The molecule has 0 rings (SSSR count). The van der Waals surface area contributed by atoms with Crippen LogP contribution in [0.1, 0.15) is 32.1 Å². The smallest absolute Gasteiger partial charge is 0.319 e. The zero-order valence-corrected chi connectivity index (χ0v) is 10.6. The lowest BCUT2D eigenvalue weighted by atomic mass is 10.2. The molecule has 0 spiro atoms. The number of carbonyl (C=O) groups excluding carboxylic acids is 2. The highest BCUT2D eigenvalue weighted by atomic mass is 31.2. The summed E-state index contributed by atoms with van der Waals surface area (Å²) in [5.74, 6) is 0. The minimum absolute atomic E-state index is 0.165. The zero-order valence-electron chi connectivity index (χ0n) is 8.85. The predicted octanol–water partition coefficient (Wildman–Crippen LogP) is 0.345. The lowest BCUT2D eigenvalue weighted by Gasteiger charge is -2.03. The quantitative estimate of drug-likeness (QED) is 0.369. The van der Waals surface area contributed by atoms with Crippen LogP contribution in [0, 0.1) is 0 Å². The second-order valence-electron chi connectivity index (χ2n) is 3.44. The SMILES string of the molecule is O=C(CCCCCC(=O)P(=O)(O)O)P(=O)(O)O. The van der Waals surface area contributed by atoms with E-state index in [4.69, 9.17) is 19.6 Å². The minimum atomic E-state index is -4.68. The number of hydrogen-bond acceptors (Lipinski definition) is 4. The van der Waals surface area contributed by atoms with Crippen molar-refractivity contribution in [2.24, 2.45) is 0 Å². The third-order valence-corrected chi connectivity index (χ3v) is 3.68. The molecule has 0 amide bonds. The molecule has 8 nitrogen and oxygen atoms in total. The van der Waals surface area contributed by atoms with Gasteiger partial charge in [0.2, 0.25) is 11.0 Å². The molecule has 10 heteroatoms. The summed E-state index contributed by atoms with van der Waals surface area (Å²) in [5.41, 5.74) is -2.34. The molecular formula is C7H14O8P2. The molecule has 0 aliphatic heterocycles. The molecule has 0 saturated heterocycles. The van der Waals surface area contributed by atoms with Crippen LogP contribution in [0.4, 0.5) is 0 Å². The van der Waals surface area contributed by atoms with Crippen molar-refractivity contribution in [1.29, 1.82) is 0 Å². The van der Waals surface area contributed by atoms with Crippen LogP contribution in [0.2, 0.25) is 0 Å². The van der Waals surface area contributed by atoms with Gasteiger partial charge in [0.05, 0.1) is 0 Å². The molecule has 0 unspecified atom stereocenters. The predicted molar refractivity (Wildman–Crippen MR) is 57.2 cm³/mol. The molecule has 0 aliphatic carbocycles. The molecule has 0 bridgehead atoms. The Morgan fingerprint density at radius 3 is 1.24 bits per heavy atom. The Bertz CT molecular complexity index is 341. The van der Waals surface area contributed by atoms with Crippen LogP contribution in [-0.2, 0) is 18.7 Å². The van der Waals surface area contributed by atoms with Crippen molar-refractivity contribution < 1.29 is 38.3 Å². The first-order valence-corrected chi connectivity index (χ1v) is 7.95. The Morgan fingerprint density at radius 2 is 1.00 bits per heavy atom. The Hall–Kier alpha value is -0.360. The van der Waals surface area contributed by atoms with Crippen LogP contribution in [0.5, 0.6) is 0 Å². The third-order valence-electron chi connectivity index (χ3n) is 1.93. The summed E-state index contributed by atoms with van der Waals surface area (Å²) in [6.45, 7) is 0. The van der Waals surface area contributed by atoms with Gasteiger partial charge in [0.25, 0.3) is 0 Å². The number of hydrogen-bond donors (Lipinski definition) is 4. The summed E-state index contributed by atoms with van der Waals surface area (Å²) in [4.78, 5) is 55.3. The second kappa shape index (κ2) is 6.54. The normalized spacial score (nSPS) is 12.5. The highest BCUT2D eigenvalue weighted by molar-refractivity contribution is 7.70. The van der Waals surface area contributed by atoms with Crippen molar-refractivity contribution in [3.8, 4) is 0 Å². The van der Waals surface area contributed by atoms with Crippen molar-refractivity contribution in [1.82, 2.24) is 0 Å². The van der Waals surface area contributed by atoms with Gasteiger partial charge in [0, 0.05) is 12.8 Å². The van der Waals surface area contributed by atoms with Gasteiger partial charge in [-0.2, -0.15) is 0 Å². The summed E-state index contributed by atoms with van der Waals surface area (Å²) >= 11 is 0. The van der Waals surface area contributed by atoms with E-state index in [0.29, 0.717) is 0 Å². The van der Waals surface area contributed by atoms with Crippen LogP contribution >= 0.6 is 15.2 Å². The van der Waals surface area contributed by atoms with Crippen LogP contribution in [0.15, 0.2) is 0 Å². The van der Waals surface area contributed by atoms with Gasteiger partial charge < -0.3 is 19.6 Å². The van der Waals surface area contributed by atoms with Gasteiger partial charge in [-0.1, -0.05) is 6.42 Å². The molecule has 0 atom stereocenters. The molecule has 0 radical (unpaired) electrons. The van der Waals surface area contributed by atoms with E-state index in [1.807, 2.05) is 0 Å². The molecule has 0 saturated carbocycles. The Kier molecular flexibility index (Phi) is 6.40. The molecule has 100 valence electrons. The molecule has 0 fully saturated rings. The first-order valence-electron chi connectivity index (χ1n) is 4.73. The van der Waals surface area contributed by atoms with Gasteiger partial charge >= 0.3 is 15.2 Å². The monoisotopic (exact) mass is 288 g/mol. The Balaban J connectivity index is 3.75. The van der Waals surface area contributed by atoms with E-state index in [9.17, 15) is 18.7 Å². The van der Waals surface area contributed by atoms with E-state index >= 15 is 0 Å². The van der Waals surface area contributed by atoms with E-state index in [2.05, 4.69) is 0 Å². The molecule has 0 heterocycles. The van der Waals surface area contributed by atoms with Gasteiger partial charge in [-0.3, -0.25) is 18.7 Å². The lowest BCUT2D eigenvalue weighted by molar-refractivity contribution is -0.113. The van der Waals surface area contributed by atoms with Crippen LogP contribution in [-0.4, -0.2) is 30.6 Å². The van der Waals surface area contributed by atoms with Crippen molar-refractivity contribution in [2.45, 2.75) is 32.1 Å². The largest absolute Gasteiger partial charge is 0.391 e. The molecule has 4 N–H and O–H groups in total. The van der Waals surface area contributed by atoms with E-state index in [1.54, 1.807) is 0 Å². The van der Waals surface area contributed by atoms with Crippen molar-refractivity contribution in [3.05, 3.63) is 0 Å². The molecule has 0 aromatic rings. The summed E-state index contributed by atoms with van der Waals surface area (Å²) < 4.78 is 20.8. The number of rotatable bonds is 8. The van der Waals surface area contributed by atoms with Gasteiger partial charge in [0.1, 0.15) is 0 Å².